The first-order valence-electron chi connectivity index (χ1n) is 8.27. The van der Waals surface area contributed by atoms with Gasteiger partial charge in [0.15, 0.2) is 5.78 Å². The number of carbonyl (C=O) groups excluding carboxylic acids is 2. The van der Waals surface area contributed by atoms with E-state index in [0.717, 1.165) is 29.9 Å². The zero-order valence-corrected chi connectivity index (χ0v) is 13.8. The van der Waals surface area contributed by atoms with E-state index < -0.39 is 0 Å². The average molecular weight is 336 g/mol. The van der Waals surface area contributed by atoms with Crippen LogP contribution in [0.5, 0.6) is 5.75 Å². The lowest BCUT2D eigenvalue weighted by molar-refractivity contribution is -0.115. The van der Waals surface area contributed by atoms with Crippen LogP contribution in [0.3, 0.4) is 0 Å². The summed E-state index contributed by atoms with van der Waals surface area (Å²) in [4.78, 5) is 23.5. The Morgan fingerprint density at radius 1 is 1.00 bits per heavy atom. The number of para-hydroxylation sites is 1. The molecule has 1 amide bonds. The van der Waals surface area contributed by atoms with E-state index in [1.807, 2.05) is 42.5 Å². The summed E-state index contributed by atoms with van der Waals surface area (Å²) in [5.41, 5.74) is 7.72. The van der Waals surface area contributed by atoms with Crippen molar-refractivity contribution in [3.8, 4) is 5.75 Å². The van der Waals surface area contributed by atoms with Crippen molar-refractivity contribution in [2.45, 2.75) is 25.9 Å². The van der Waals surface area contributed by atoms with Gasteiger partial charge in [-0.1, -0.05) is 30.3 Å². The molecule has 128 valence electrons. The van der Waals surface area contributed by atoms with Gasteiger partial charge in [-0.15, -0.1) is 0 Å². The van der Waals surface area contributed by atoms with E-state index in [0.29, 0.717) is 18.6 Å². The van der Waals surface area contributed by atoms with E-state index in [-0.39, 0.29) is 11.7 Å². The predicted octanol–water partition coefficient (Wildman–Crippen LogP) is 3.14. The predicted molar refractivity (Wildman–Crippen MR) is 94.8 cm³/mol. The van der Waals surface area contributed by atoms with E-state index in [9.17, 15) is 9.59 Å². The van der Waals surface area contributed by atoms with Gasteiger partial charge in [0.05, 0.1) is 0 Å². The number of benzene rings is 2. The van der Waals surface area contributed by atoms with Crippen LogP contribution < -0.4 is 15.6 Å². The molecule has 0 radical (unpaired) electrons. The molecule has 0 bridgehead atoms. The van der Waals surface area contributed by atoms with E-state index >= 15 is 0 Å². The normalized spacial score (nSPS) is 13.8. The molecule has 0 fully saturated rings. The molecule has 2 aromatic carbocycles. The second-order valence-electron chi connectivity index (χ2n) is 5.87. The molecule has 3 rings (SSSR count). The summed E-state index contributed by atoms with van der Waals surface area (Å²) in [6.07, 6.45) is 3.70. The minimum Gasteiger partial charge on any atom is -0.489 e. The van der Waals surface area contributed by atoms with Crippen LogP contribution in [0.2, 0.25) is 0 Å². The van der Waals surface area contributed by atoms with Gasteiger partial charge in [0, 0.05) is 23.8 Å². The monoisotopic (exact) mass is 336 g/mol. The van der Waals surface area contributed by atoms with Gasteiger partial charge in [-0.25, -0.2) is 0 Å². The molecule has 25 heavy (non-hydrogen) atoms. The van der Waals surface area contributed by atoms with Crippen LogP contribution in [-0.4, -0.2) is 11.7 Å². The fourth-order valence-corrected chi connectivity index (χ4v) is 2.54. The van der Waals surface area contributed by atoms with E-state index in [1.54, 1.807) is 18.2 Å². The lowest BCUT2D eigenvalue weighted by atomic mass is 10.0. The highest BCUT2D eigenvalue weighted by molar-refractivity contribution is 5.94. The fraction of sp³-hybridized carbons (Fsp3) is 0.200. The van der Waals surface area contributed by atoms with Crippen molar-refractivity contribution in [3.63, 3.8) is 0 Å². The van der Waals surface area contributed by atoms with Gasteiger partial charge in [-0.2, -0.15) is 0 Å². The number of nitrogens with one attached hydrogen (secondary N) is 2. The van der Waals surface area contributed by atoms with Crippen molar-refractivity contribution >= 4 is 11.7 Å². The number of hydrogen-bond donors (Lipinski definition) is 2. The average Bonchev–Trinajstić information content (AvgIpc) is 2.66. The molecule has 0 saturated heterocycles. The van der Waals surface area contributed by atoms with Crippen LogP contribution in [0.25, 0.3) is 0 Å². The Balaban J connectivity index is 1.51. The quantitative estimate of drug-likeness (QED) is 0.795. The molecular formula is C20H20N2O3. The largest absolute Gasteiger partial charge is 0.489 e. The molecule has 5 heteroatoms. The third kappa shape index (κ3) is 4.94. The molecule has 0 aliphatic heterocycles. The molecule has 0 atom stereocenters. The van der Waals surface area contributed by atoms with Gasteiger partial charge < -0.3 is 10.2 Å². The van der Waals surface area contributed by atoms with Crippen LogP contribution >= 0.6 is 0 Å². The van der Waals surface area contributed by atoms with Gasteiger partial charge in [-0.05, 0) is 42.7 Å². The Kier molecular flexibility index (Phi) is 5.46. The van der Waals surface area contributed by atoms with Gasteiger partial charge >= 0.3 is 0 Å². The molecule has 0 unspecified atom stereocenters. The Morgan fingerprint density at radius 2 is 1.76 bits per heavy atom. The molecular weight excluding hydrogens is 316 g/mol. The lowest BCUT2D eigenvalue weighted by Gasteiger charge is -2.15. The summed E-state index contributed by atoms with van der Waals surface area (Å²) < 4.78 is 5.68. The highest BCUT2D eigenvalue weighted by Gasteiger charge is 2.11. The number of allylic oxidation sites excluding steroid dienone is 2. The highest BCUT2D eigenvalue weighted by Crippen LogP contribution is 2.13. The molecule has 2 N–H and O–H groups in total. The maximum absolute atomic E-state index is 12.1. The minimum absolute atomic E-state index is 0.0887. The number of rotatable bonds is 6. The molecule has 0 saturated carbocycles. The number of hydrogen-bond acceptors (Lipinski definition) is 4. The SMILES string of the molecule is O=C1C=C(NNC(=O)c2ccc(COc3ccccc3)cc2)CCC1. The fourth-order valence-electron chi connectivity index (χ4n) is 2.54. The van der Waals surface area contributed by atoms with Gasteiger partial charge in [-0.3, -0.25) is 15.0 Å². The Labute approximate surface area is 146 Å². The molecule has 1 aliphatic carbocycles. The molecule has 5 nitrogen and oxygen atoms in total. The van der Waals surface area contributed by atoms with Gasteiger partial charge in [0.25, 0.3) is 5.91 Å². The summed E-state index contributed by atoms with van der Waals surface area (Å²) in [5.74, 6) is 0.657. The summed E-state index contributed by atoms with van der Waals surface area (Å²) in [7, 11) is 0. The Morgan fingerprint density at radius 3 is 2.48 bits per heavy atom. The second kappa shape index (κ2) is 8.15. The Bertz CT molecular complexity index is 767. The minimum atomic E-state index is -0.241. The van der Waals surface area contributed by atoms with E-state index in [2.05, 4.69) is 10.9 Å². The molecule has 0 aromatic heterocycles. The van der Waals surface area contributed by atoms with Crippen molar-refractivity contribution in [2.24, 2.45) is 0 Å². The molecule has 1 aliphatic rings. The maximum Gasteiger partial charge on any atom is 0.269 e. The smallest absolute Gasteiger partial charge is 0.269 e. The number of carbonyl (C=O) groups is 2. The first kappa shape index (κ1) is 16.8. The van der Waals surface area contributed by atoms with Crippen molar-refractivity contribution in [3.05, 3.63) is 77.5 Å². The zero-order chi connectivity index (χ0) is 17.5. The van der Waals surface area contributed by atoms with Crippen molar-refractivity contribution in [1.82, 2.24) is 10.9 Å². The zero-order valence-electron chi connectivity index (χ0n) is 13.8. The lowest BCUT2D eigenvalue weighted by Crippen LogP contribution is -2.37. The summed E-state index contributed by atoms with van der Waals surface area (Å²) in [6, 6.07) is 16.8. The van der Waals surface area contributed by atoms with E-state index in [1.165, 1.54) is 0 Å². The van der Waals surface area contributed by atoms with Gasteiger partial charge in [0.1, 0.15) is 12.4 Å². The van der Waals surface area contributed by atoms with Crippen LogP contribution in [0, 0.1) is 0 Å². The summed E-state index contributed by atoms with van der Waals surface area (Å²) in [5, 5.41) is 0. The Hall–Kier alpha value is -3.08. The molecule has 0 spiro atoms. The second-order valence-corrected chi connectivity index (χ2v) is 5.87. The number of hydrazine groups is 1. The standard InChI is InChI=1S/C20H20N2O3/c23-18-6-4-5-17(13-18)21-22-20(24)16-11-9-15(10-12-16)14-25-19-7-2-1-3-8-19/h1-3,7-13,21H,4-6,14H2,(H,22,24). The van der Waals surface area contributed by atoms with E-state index in [4.69, 9.17) is 4.74 Å². The van der Waals surface area contributed by atoms with Crippen LogP contribution in [0.1, 0.15) is 35.2 Å². The maximum atomic E-state index is 12.1. The highest BCUT2D eigenvalue weighted by atomic mass is 16.5. The van der Waals surface area contributed by atoms with Crippen LogP contribution in [-0.2, 0) is 11.4 Å². The van der Waals surface area contributed by atoms with Crippen molar-refractivity contribution in [1.29, 1.82) is 0 Å². The summed E-state index contributed by atoms with van der Waals surface area (Å²) >= 11 is 0. The first-order chi connectivity index (χ1) is 12.2. The topological polar surface area (TPSA) is 67.4 Å². The van der Waals surface area contributed by atoms with Crippen LogP contribution in [0.15, 0.2) is 66.4 Å². The summed E-state index contributed by atoms with van der Waals surface area (Å²) in [6.45, 7) is 0.444. The van der Waals surface area contributed by atoms with Crippen LogP contribution in [0.4, 0.5) is 0 Å². The molecule has 2 aromatic rings. The van der Waals surface area contributed by atoms with Crippen molar-refractivity contribution < 1.29 is 14.3 Å². The number of ketones is 1. The number of ether oxygens (including phenoxy) is 1. The third-order valence-electron chi connectivity index (χ3n) is 3.91. The molecule has 0 heterocycles. The van der Waals surface area contributed by atoms with Gasteiger partial charge in [0.2, 0.25) is 0 Å². The third-order valence-corrected chi connectivity index (χ3v) is 3.91. The number of amides is 1. The van der Waals surface area contributed by atoms with Crippen molar-refractivity contribution in [2.75, 3.05) is 0 Å². The first-order valence-corrected chi connectivity index (χ1v) is 8.27.